The van der Waals surface area contributed by atoms with E-state index in [0.29, 0.717) is 13.0 Å². The largest absolute Gasteiger partial charge is 0.393 e. The standard InChI is InChI=1S/C15H23NO2/c1-10(8-13(4)17)9-16-15(18)14-11(2)6-5-7-12(14)3/h5-7,10,13,17H,8-9H2,1-4H3,(H,16,18). The number of carbonyl (C=O) groups is 1. The topological polar surface area (TPSA) is 49.3 Å². The van der Waals surface area contributed by atoms with Crippen molar-refractivity contribution in [3.05, 3.63) is 34.9 Å². The summed E-state index contributed by atoms with van der Waals surface area (Å²) >= 11 is 0. The zero-order valence-electron chi connectivity index (χ0n) is 11.7. The third-order valence-electron chi connectivity index (χ3n) is 3.06. The van der Waals surface area contributed by atoms with Gasteiger partial charge in [0, 0.05) is 12.1 Å². The van der Waals surface area contributed by atoms with Crippen LogP contribution in [0.15, 0.2) is 18.2 Å². The summed E-state index contributed by atoms with van der Waals surface area (Å²) in [5.41, 5.74) is 2.76. The van der Waals surface area contributed by atoms with Crippen LogP contribution in [0.25, 0.3) is 0 Å². The van der Waals surface area contributed by atoms with E-state index in [-0.39, 0.29) is 17.9 Å². The maximum atomic E-state index is 12.1. The summed E-state index contributed by atoms with van der Waals surface area (Å²) in [5, 5.41) is 12.2. The molecule has 0 bridgehead atoms. The molecule has 1 aromatic carbocycles. The highest BCUT2D eigenvalue weighted by Gasteiger charge is 2.13. The number of aryl methyl sites for hydroxylation is 2. The lowest BCUT2D eigenvalue weighted by molar-refractivity contribution is 0.0938. The molecule has 0 aromatic heterocycles. The van der Waals surface area contributed by atoms with E-state index in [9.17, 15) is 9.90 Å². The average molecular weight is 249 g/mol. The lowest BCUT2D eigenvalue weighted by atomic mass is 10.0. The van der Waals surface area contributed by atoms with Crippen LogP contribution < -0.4 is 5.32 Å². The van der Waals surface area contributed by atoms with Crippen LogP contribution in [0.2, 0.25) is 0 Å². The van der Waals surface area contributed by atoms with Gasteiger partial charge in [0.1, 0.15) is 0 Å². The molecule has 3 heteroatoms. The van der Waals surface area contributed by atoms with Crippen molar-refractivity contribution in [2.45, 2.75) is 40.2 Å². The first-order valence-corrected chi connectivity index (χ1v) is 6.44. The van der Waals surface area contributed by atoms with Crippen molar-refractivity contribution in [2.24, 2.45) is 5.92 Å². The van der Waals surface area contributed by atoms with E-state index in [1.54, 1.807) is 6.92 Å². The van der Waals surface area contributed by atoms with Gasteiger partial charge in [0.05, 0.1) is 6.10 Å². The van der Waals surface area contributed by atoms with Crippen LogP contribution in [0.4, 0.5) is 0 Å². The smallest absolute Gasteiger partial charge is 0.251 e. The van der Waals surface area contributed by atoms with Gasteiger partial charge >= 0.3 is 0 Å². The minimum atomic E-state index is -0.322. The molecular weight excluding hydrogens is 226 g/mol. The van der Waals surface area contributed by atoms with E-state index >= 15 is 0 Å². The number of hydrogen-bond donors (Lipinski definition) is 2. The van der Waals surface area contributed by atoms with Crippen LogP contribution in [-0.4, -0.2) is 23.7 Å². The fourth-order valence-corrected chi connectivity index (χ4v) is 2.19. The SMILES string of the molecule is Cc1cccc(C)c1C(=O)NCC(C)CC(C)O. The van der Waals surface area contributed by atoms with E-state index in [2.05, 4.69) is 5.32 Å². The van der Waals surface area contributed by atoms with Crippen molar-refractivity contribution in [1.29, 1.82) is 0 Å². The molecule has 0 saturated carbocycles. The molecule has 0 radical (unpaired) electrons. The molecule has 2 unspecified atom stereocenters. The van der Waals surface area contributed by atoms with Crippen molar-refractivity contribution < 1.29 is 9.90 Å². The number of benzene rings is 1. The summed E-state index contributed by atoms with van der Waals surface area (Å²) in [5.74, 6) is 0.251. The summed E-state index contributed by atoms with van der Waals surface area (Å²) in [4.78, 5) is 12.1. The lowest BCUT2D eigenvalue weighted by Gasteiger charge is -2.15. The Bertz CT molecular complexity index is 393. The minimum absolute atomic E-state index is 0.0250. The molecule has 0 fully saturated rings. The first kappa shape index (κ1) is 14.7. The summed E-state index contributed by atoms with van der Waals surface area (Å²) in [7, 11) is 0. The molecule has 0 heterocycles. The first-order valence-electron chi connectivity index (χ1n) is 6.44. The molecule has 0 aliphatic carbocycles. The van der Waals surface area contributed by atoms with Crippen molar-refractivity contribution in [2.75, 3.05) is 6.54 Å². The van der Waals surface area contributed by atoms with Gasteiger partial charge in [-0.25, -0.2) is 0 Å². The van der Waals surface area contributed by atoms with E-state index in [1.165, 1.54) is 0 Å². The van der Waals surface area contributed by atoms with Gasteiger partial charge in [-0.3, -0.25) is 4.79 Å². The molecule has 0 aliphatic heterocycles. The first-order chi connectivity index (χ1) is 8.41. The van der Waals surface area contributed by atoms with Crippen molar-refractivity contribution in [3.8, 4) is 0 Å². The number of aliphatic hydroxyl groups excluding tert-OH is 1. The van der Waals surface area contributed by atoms with Crippen LogP contribution in [0.3, 0.4) is 0 Å². The van der Waals surface area contributed by atoms with E-state index in [4.69, 9.17) is 0 Å². The Morgan fingerprint density at radius 3 is 2.33 bits per heavy atom. The third-order valence-corrected chi connectivity index (χ3v) is 3.06. The van der Waals surface area contributed by atoms with Crippen LogP contribution in [0, 0.1) is 19.8 Å². The molecule has 3 nitrogen and oxygen atoms in total. The second-order valence-electron chi connectivity index (χ2n) is 5.17. The van der Waals surface area contributed by atoms with Crippen LogP contribution in [0.1, 0.15) is 41.8 Å². The Morgan fingerprint density at radius 2 is 1.83 bits per heavy atom. The van der Waals surface area contributed by atoms with Crippen molar-refractivity contribution in [3.63, 3.8) is 0 Å². The molecule has 1 amide bonds. The van der Waals surface area contributed by atoms with Gasteiger partial charge in [-0.05, 0) is 44.2 Å². The molecule has 0 saturated heterocycles. The van der Waals surface area contributed by atoms with E-state index in [0.717, 1.165) is 16.7 Å². The Morgan fingerprint density at radius 1 is 1.28 bits per heavy atom. The second-order valence-corrected chi connectivity index (χ2v) is 5.17. The van der Waals surface area contributed by atoms with E-state index in [1.807, 2.05) is 39.0 Å². The maximum Gasteiger partial charge on any atom is 0.251 e. The predicted molar refractivity (Wildman–Crippen MR) is 73.7 cm³/mol. The predicted octanol–water partition coefficient (Wildman–Crippen LogP) is 2.44. The van der Waals surface area contributed by atoms with Crippen molar-refractivity contribution >= 4 is 5.91 Å². The third kappa shape index (κ3) is 4.15. The molecule has 1 rings (SSSR count). The number of aliphatic hydroxyl groups is 1. The summed E-state index contributed by atoms with van der Waals surface area (Å²) < 4.78 is 0. The fourth-order valence-electron chi connectivity index (χ4n) is 2.19. The van der Waals surface area contributed by atoms with Crippen LogP contribution in [-0.2, 0) is 0 Å². The Hall–Kier alpha value is -1.35. The highest BCUT2D eigenvalue weighted by molar-refractivity contribution is 5.97. The number of carbonyl (C=O) groups excluding carboxylic acids is 1. The molecular formula is C15H23NO2. The van der Waals surface area contributed by atoms with Gasteiger partial charge in [0.25, 0.3) is 5.91 Å². The van der Waals surface area contributed by atoms with Crippen LogP contribution in [0.5, 0.6) is 0 Å². The Labute approximate surface area is 109 Å². The number of nitrogens with one attached hydrogen (secondary N) is 1. The van der Waals surface area contributed by atoms with Gasteiger partial charge in [0.2, 0.25) is 0 Å². The highest BCUT2D eigenvalue weighted by atomic mass is 16.3. The molecule has 2 N–H and O–H groups in total. The Balaban J connectivity index is 2.61. The van der Waals surface area contributed by atoms with E-state index < -0.39 is 0 Å². The fraction of sp³-hybridized carbons (Fsp3) is 0.533. The normalized spacial score (nSPS) is 14.1. The molecule has 1 aromatic rings. The Kier molecular flexibility index (Phi) is 5.35. The van der Waals surface area contributed by atoms with Gasteiger partial charge in [-0.15, -0.1) is 0 Å². The molecule has 0 aliphatic rings. The maximum absolute atomic E-state index is 12.1. The van der Waals surface area contributed by atoms with Gasteiger partial charge in [-0.1, -0.05) is 25.1 Å². The molecule has 0 spiro atoms. The quantitative estimate of drug-likeness (QED) is 0.842. The molecule has 18 heavy (non-hydrogen) atoms. The summed E-state index contributed by atoms with van der Waals surface area (Å²) in [6.45, 7) is 8.28. The zero-order valence-corrected chi connectivity index (χ0v) is 11.7. The van der Waals surface area contributed by atoms with Gasteiger partial charge in [-0.2, -0.15) is 0 Å². The number of rotatable bonds is 5. The summed E-state index contributed by atoms with van der Waals surface area (Å²) in [6, 6.07) is 5.85. The van der Waals surface area contributed by atoms with Crippen molar-refractivity contribution in [1.82, 2.24) is 5.32 Å². The number of hydrogen-bond acceptors (Lipinski definition) is 2. The lowest BCUT2D eigenvalue weighted by Crippen LogP contribution is -2.30. The second kappa shape index (κ2) is 6.55. The monoisotopic (exact) mass is 249 g/mol. The molecule has 100 valence electrons. The average Bonchev–Trinajstić information content (AvgIpc) is 2.25. The van der Waals surface area contributed by atoms with Gasteiger partial charge in [0.15, 0.2) is 0 Å². The van der Waals surface area contributed by atoms with Crippen LogP contribution >= 0.6 is 0 Å². The number of amides is 1. The molecule has 2 atom stereocenters. The summed E-state index contributed by atoms with van der Waals surface area (Å²) in [6.07, 6.45) is 0.379. The zero-order chi connectivity index (χ0) is 13.7. The minimum Gasteiger partial charge on any atom is -0.393 e. The van der Waals surface area contributed by atoms with Gasteiger partial charge < -0.3 is 10.4 Å². The highest BCUT2D eigenvalue weighted by Crippen LogP contribution is 2.13.